The maximum absolute atomic E-state index is 6.20. The molecular weight excluding hydrogens is 405 g/mol. The fourth-order valence-corrected chi connectivity index (χ4v) is 3.55. The molecule has 0 aliphatic heterocycles. The largest absolute Gasteiger partial charge is 0.477 e. The van der Waals surface area contributed by atoms with Crippen molar-refractivity contribution in [2.24, 2.45) is 10.3 Å². The molecule has 0 radical (unpaired) electrons. The number of hydrogen-bond donors (Lipinski definition) is 0. The van der Waals surface area contributed by atoms with Crippen LogP contribution in [0.25, 0.3) is 0 Å². The predicted octanol–water partition coefficient (Wildman–Crippen LogP) is 7.69. The third-order valence-corrected chi connectivity index (χ3v) is 5.42. The lowest BCUT2D eigenvalue weighted by Crippen LogP contribution is -2.07. The van der Waals surface area contributed by atoms with E-state index in [1.807, 2.05) is 23.6 Å². The first kappa shape index (κ1) is 21.2. The lowest BCUT2D eigenvalue weighted by Gasteiger charge is -2.08. The second-order valence-electron chi connectivity index (χ2n) is 6.03. The number of nitrogens with zero attached hydrogens (tertiary/aromatic N) is 1. The van der Waals surface area contributed by atoms with Crippen LogP contribution in [0.1, 0.15) is 19.4 Å². The fraction of sp³-hybridized carbons (Fsp3) is 0.250. The van der Waals surface area contributed by atoms with E-state index in [1.54, 1.807) is 6.07 Å². The van der Waals surface area contributed by atoms with E-state index in [0.29, 0.717) is 28.5 Å². The van der Waals surface area contributed by atoms with Crippen LogP contribution in [0.3, 0.4) is 0 Å². The van der Waals surface area contributed by atoms with E-state index in [-0.39, 0.29) is 0 Å². The van der Waals surface area contributed by atoms with E-state index in [2.05, 4.69) is 49.4 Å². The number of aryl methyl sites for hydroxylation is 1. The van der Waals surface area contributed by atoms with Gasteiger partial charge in [-0.15, -0.1) is 0 Å². The van der Waals surface area contributed by atoms with Crippen molar-refractivity contribution >= 4 is 52.8 Å². The van der Waals surface area contributed by atoms with Crippen LogP contribution in [0.4, 0.5) is 0 Å². The van der Waals surface area contributed by atoms with Gasteiger partial charge in [-0.2, -0.15) is 4.40 Å². The van der Waals surface area contributed by atoms with Gasteiger partial charge in [0.15, 0.2) is 0 Å². The highest BCUT2D eigenvalue weighted by Crippen LogP contribution is 2.30. The molecule has 0 atom stereocenters. The zero-order valence-electron chi connectivity index (χ0n) is 14.9. The molecule has 6 heteroatoms. The van der Waals surface area contributed by atoms with E-state index in [9.17, 15) is 0 Å². The Labute approximate surface area is 174 Å². The Kier molecular flexibility index (Phi) is 8.93. The summed E-state index contributed by atoms with van der Waals surface area (Å²) >= 11 is 15.0. The Morgan fingerprint density at radius 2 is 1.88 bits per heavy atom. The van der Waals surface area contributed by atoms with Gasteiger partial charge in [0.25, 0.3) is 0 Å². The molecule has 2 aromatic carbocycles. The quantitative estimate of drug-likeness (QED) is 0.196. The summed E-state index contributed by atoms with van der Waals surface area (Å²) in [4.78, 5) is 2.00. The molecule has 0 N–H and O–H groups in total. The van der Waals surface area contributed by atoms with Crippen molar-refractivity contribution in [3.8, 4) is 0 Å². The number of thioether (sulfide) groups is 1. The molecule has 26 heavy (non-hydrogen) atoms. The van der Waals surface area contributed by atoms with Crippen molar-refractivity contribution in [1.29, 1.82) is 0 Å². The van der Waals surface area contributed by atoms with Gasteiger partial charge in [-0.3, -0.25) is 0 Å². The van der Waals surface area contributed by atoms with Crippen LogP contribution in [-0.2, 0) is 4.74 Å². The molecule has 2 aromatic rings. The van der Waals surface area contributed by atoms with Crippen molar-refractivity contribution in [3.63, 3.8) is 0 Å². The van der Waals surface area contributed by atoms with Gasteiger partial charge >= 0.3 is 0 Å². The summed E-state index contributed by atoms with van der Waals surface area (Å²) in [5.74, 6) is 1.01. The molecule has 0 aliphatic carbocycles. The van der Waals surface area contributed by atoms with Crippen LogP contribution in [0.5, 0.6) is 0 Å². The second kappa shape index (κ2) is 10.9. The number of rotatable bonds is 7. The Morgan fingerprint density at radius 1 is 1.15 bits per heavy atom. The lowest BCUT2D eigenvalue weighted by molar-refractivity contribution is 0.262. The third-order valence-electron chi connectivity index (χ3n) is 3.13. The number of benzene rings is 2. The van der Waals surface area contributed by atoms with E-state index in [1.165, 1.54) is 29.3 Å². The normalized spacial score (nSPS) is 12.2. The molecule has 0 saturated heterocycles. The molecule has 0 aromatic heterocycles. The van der Waals surface area contributed by atoms with Gasteiger partial charge < -0.3 is 4.74 Å². The minimum absolute atomic E-state index is 0.427. The van der Waals surface area contributed by atoms with Gasteiger partial charge in [0.1, 0.15) is 0 Å². The summed E-state index contributed by atoms with van der Waals surface area (Å²) in [5.41, 5.74) is 1.23. The summed E-state index contributed by atoms with van der Waals surface area (Å²) in [6.45, 7) is 6.90. The Hall–Kier alpha value is -1.07. The summed E-state index contributed by atoms with van der Waals surface area (Å²) in [6.07, 6.45) is 1.86. The minimum atomic E-state index is 0.427. The van der Waals surface area contributed by atoms with Crippen LogP contribution in [0.15, 0.2) is 68.1 Å². The van der Waals surface area contributed by atoms with Crippen LogP contribution < -0.4 is 0 Å². The first-order valence-electron chi connectivity index (χ1n) is 8.17. The average molecular weight is 426 g/mol. The first-order valence-corrected chi connectivity index (χ1v) is 10.6. The van der Waals surface area contributed by atoms with Gasteiger partial charge in [-0.05, 0) is 48.6 Å². The van der Waals surface area contributed by atoms with E-state index in [4.69, 9.17) is 27.9 Å². The zero-order valence-corrected chi connectivity index (χ0v) is 18.1. The van der Waals surface area contributed by atoms with Gasteiger partial charge in [0, 0.05) is 32.8 Å². The Balaban J connectivity index is 2.05. The predicted molar refractivity (Wildman–Crippen MR) is 117 cm³/mol. The zero-order chi connectivity index (χ0) is 18.9. The highest BCUT2D eigenvalue weighted by atomic mass is 35.5. The minimum Gasteiger partial charge on any atom is -0.477 e. The van der Waals surface area contributed by atoms with Crippen molar-refractivity contribution in [3.05, 3.63) is 69.6 Å². The Bertz CT molecular complexity index is 774. The molecule has 0 saturated carbocycles. The first-order chi connectivity index (χ1) is 12.4. The van der Waals surface area contributed by atoms with Crippen LogP contribution in [0, 0.1) is 12.8 Å². The molecule has 0 unspecified atom stereocenters. The molecule has 138 valence electrons. The fourth-order valence-electron chi connectivity index (χ4n) is 1.79. The van der Waals surface area contributed by atoms with Crippen LogP contribution in [0.2, 0.25) is 10.0 Å². The highest BCUT2D eigenvalue weighted by Gasteiger charge is 2.03. The monoisotopic (exact) mass is 425 g/mol. The molecule has 0 amide bonds. The number of ether oxygens (including phenoxy) is 1. The third kappa shape index (κ3) is 7.67. The lowest BCUT2D eigenvalue weighted by atomic mass is 10.2. The highest BCUT2D eigenvalue weighted by molar-refractivity contribution is 8.02. The van der Waals surface area contributed by atoms with E-state index >= 15 is 0 Å². The molecule has 0 spiro atoms. The number of hydrogen-bond acceptors (Lipinski definition) is 4. The van der Waals surface area contributed by atoms with E-state index in [0.717, 1.165) is 9.79 Å². The van der Waals surface area contributed by atoms with Gasteiger partial charge in [0.2, 0.25) is 5.90 Å². The summed E-state index contributed by atoms with van der Waals surface area (Å²) < 4.78 is 10.3. The molecule has 0 heterocycles. The Morgan fingerprint density at radius 3 is 2.54 bits per heavy atom. The summed E-state index contributed by atoms with van der Waals surface area (Å²) in [7, 11) is 0. The summed E-state index contributed by atoms with van der Waals surface area (Å²) in [6, 6.07) is 13.7. The van der Waals surface area contributed by atoms with E-state index < -0.39 is 0 Å². The molecule has 2 rings (SSSR count). The standard InChI is InChI=1S/C20H21Cl2NOS2/c1-14(2)13-24-20(23-26-17-7-4-15(3)5-8-17)10-11-25-19-9-6-16(21)12-18(19)22/h4-12,14H,13H2,1-3H3/b11-10+,23-20-. The van der Waals surface area contributed by atoms with Crippen LogP contribution in [-0.4, -0.2) is 12.5 Å². The van der Waals surface area contributed by atoms with Gasteiger partial charge in [-0.1, -0.05) is 66.5 Å². The van der Waals surface area contributed by atoms with Crippen molar-refractivity contribution in [1.82, 2.24) is 0 Å². The maximum atomic E-state index is 6.20. The molecular formula is C20H21Cl2NOS2. The molecule has 0 bridgehead atoms. The van der Waals surface area contributed by atoms with Crippen LogP contribution >= 0.6 is 46.9 Å². The smallest absolute Gasteiger partial charge is 0.221 e. The average Bonchev–Trinajstić information content (AvgIpc) is 2.60. The second-order valence-corrected chi connectivity index (χ2v) is 8.66. The van der Waals surface area contributed by atoms with Gasteiger partial charge in [-0.25, -0.2) is 0 Å². The summed E-state index contributed by atoms with van der Waals surface area (Å²) in [5, 5.41) is 3.17. The molecule has 2 nitrogen and oxygen atoms in total. The van der Waals surface area contributed by atoms with Crippen molar-refractivity contribution in [2.45, 2.75) is 30.6 Å². The SMILES string of the molecule is Cc1ccc(S/N=C(/C=C/Sc2ccc(Cl)cc2Cl)OCC(C)C)cc1. The van der Waals surface area contributed by atoms with Gasteiger partial charge in [0.05, 0.1) is 11.6 Å². The van der Waals surface area contributed by atoms with Crippen molar-refractivity contribution < 1.29 is 4.74 Å². The maximum Gasteiger partial charge on any atom is 0.221 e. The molecule has 0 fully saturated rings. The number of halogens is 2. The molecule has 0 aliphatic rings. The topological polar surface area (TPSA) is 21.6 Å². The van der Waals surface area contributed by atoms with Crippen molar-refractivity contribution in [2.75, 3.05) is 6.61 Å².